The summed E-state index contributed by atoms with van der Waals surface area (Å²) in [4.78, 5) is 16.8. The van der Waals surface area contributed by atoms with Gasteiger partial charge in [-0.15, -0.1) is 0 Å². The Labute approximate surface area is 106 Å². The van der Waals surface area contributed by atoms with Crippen molar-refractivity contribution in [1.29, 1.82) is 0 Å². The van der Waals surface area contributed by atoms with Crippen molar-refractivity contribution in [3.05, 3.63) is 40.9 Å². The molecule has 94 valence electrons. The normalized spacial score (nSPS) is 20.8. The van der Waals surface area contributed by atoms with Crippen molar-refractivity contribution in [2.75, 3.05) is 13.1 Å². The standard InChI is InChI=1S/C14H17N3O/c18-14-12-6-1-2-7-13(12)16-10-17(14)11-5-3-4-8-15-9-11/h1-2,6-7,10-11,15H,3-5,8-9H2. The van der Waals surface area contributed by atoms with Crippen LogP contribution in [0.2, 0.25) is 0 Å². The molecule has 1 unspecified atom stereocenters. The molecule has 3 rings (SSSR count). The van der Waals surface area contributed by atoms with Gasteiger partial charge in [-0.05, 0) is 31.5 Å². The average Bonchev–Trinajstić information content (AvgIpc) is 2.68. The molecule has 1 saturated heterocycles. The Morgan fingerprint density at radius 2 is 2.17 bits per heavy atom. The first kappa shape index (κ1) is 11.4. The van der Waals surface area contributed by atoms with Crippen molar-refractivity contribution in [2.24, 2.45) is 0 Å². The molecule has 0 saturated carbocycles. The van der Waals surface area contributed by atoms with Gasteiger partial charge in [0.2, 0.25) is 0 Å². The molecule has 0 amide bonds. The van der Waals surface area contributed by atoms with E-state index in [-0.39, 0.29) is 11.6 Å². The van der Waals surface area contributed by atoms with Gasteiger partial charge in [0.1, 0.15) is 0 Å². The summed E-state index contributed by atoms with van der Waals surface area (Å²) < 4.78 is 1.79. The number of benzene rings is 1. The molecule has 1 atom stereocenters. The second-order valence-corrected chi connectivity index (χ2v) is 4.83. The summed E-state index contributed by atoms with van der Waals surface area (Å²) in [5.74, 6) is 0. The highest BCUT2D eigenvalue weighted by Crippen LogP contribution is 2.16. The van der Waals surface area contributed by atoms with Crippen LogP contribution in [0.1, 0.15) is 25.3 Å². The fourth-order valence-electron chi connectivity index (χ4n) is 2.58. The van der Waals surface area contributed by atoms with Gasteiger partial charge in [0.05, 0.1) is 23.3 Å². The zero-order valence-electron chi connectivity index (χ0n) is 10.3. The summed E-state index contributed by atoms with van der Waals surface area (Å²) in [6.07, 6.45) is 5.10. The molecule has 4 heteroatoms. The lowest BCUT2D eigenvalue weighted by atomic mass is 10.1. The Bertz CT molecular complexity index is 597. The Morgan fingerprint density at radius 1 is 1.28 bits per heavy atom. The molecule has 1 aromatic heterocycles. The zero-order chi connectivity index (χ0) is 12.4. The zero-order valence-corrected chi connectivity index (χ0v) is 10.3. The summed E-state index contributed by atoms with van der Waals surface area (Å²) in [6.45, 7) is 1.91. The molecule has 1 N–H and O–H groups in total. The van der Waals surface area contributed by atoms with Crippen LogP contribution in [0.5, 0.6) is 0 Å². The van der Waals surface area contributed by atoms with Crippen LogP contribution in [0, 0.1) is 0 Å². The van der Waals surface area contributed by atoms with E-state index >= 15 is 0 Å². The molecule has 0 bridgehead atoms. The van der Waals surface area contributed by atoms with Crippen LogP contribution < -0.4 is 10.9 Å². The van der Waals surface area contributed by atoms with Gasteiger partial charge >= 0.3 is 0 Å². The Morgan fingerprint density at radius 3 is 3.11 bits per heavy atom. The maximum atomic E-state index is 12.4. The number of nitrogens with one attached hydrogen (secondary N) is 1. The predicted octanol–water partition coefficient (Wildman–Crippen LogP) is 1.71. The Kier molecular flexibility index (Phi) is 3.11. The highest BCUT2D eigenvalue weighted by atomic mass is 16.1. The van der Waals surface area contributed by atoms with E-state index in [2.05, 4.69) is 10.3 Å². The fourth-order valence-corrected chi connectivity index (χ4v) is 2.58. The molecule has 4 nitrogen and oxygen atoms in total. The van der Waals surface area contributed by atoms with Crippen LogP contribution in [0.25, 0.3) is 10.9 Å². The van der Waals surface area contributed by atoms with Crippen LogP contribution in [0.3, 0.4) is 0 Å². The van der Waals surface area contributed by atoms with Crippen LogP contribution in [0.15, 0.2) is 35.4 Å². The maximum Gasteiger partial charge on any atom is 0.261 e. The second-order valence-electron chi connectivity index (χ2n) is 4.83. The number of para-hydroxylation sites is 1. The molecule has 18 heavy (non-hydrogen) atoms. The lowest BCUT2D eigenvalue weighted by Gasteiger charge is -2.17. The SMILES string of the molecule is O=c1c2ccccc2ncn1C1CCCCNC1. The van der Waals surface area contributed by atoms with Crippen molar-refractivity contribution in [3.8, 4) is 0 Å². The highest BCUT2D eigenvalue weighted by Gasteiger charge is 2.15. The van der Waals surface area contributed by atoms with Gasteiger partial charge in [-0.2, -0.15) is 0 Å². The maximum absolute atomic E-state index is 12.4. The van der Waals surface area contributed by atoms with Crippen LogP contribution in [-0.4, -0.2) is 22.6 Å². The van der Waals surface area contributed by atoms with Crippen molar-refractivity contribution >= 4 is 10.9 Å². The van der Waals surface area contributed by atoms with Crippen molar-refractivity contribution in [1.82, 2.24) is 14.9 Å². The van der Waals surface area contributed by atoms with E-state index in [1.54, 1.807) is 10.9 Å². The van der Waals surface area contributed by atoms with Gasteiger partial charge in [0.15, 0.2) is 0 Å². The Balaban J connectivity index is 2.06. The van der Waals surface area contributed by atoms with Crippen molar-refractivity contribution in [3.63, 3.8) is 0 Å². The first-order valence-corrected chi connectivity index (χ1v) is 6.53. The highest BCUT2D eigenvalue weighted by molar-refractivity contribution is 5.76. The van der Waals surface area contributed by atoms with Gasteiger partial charge in [-0.25, -0.2) is 4.98 Å². The van der Waals surface area contributed by atoms with Gasteiger partial charge in [-0.1, -0.05) is 18.6 Å². The summed E-state index contributed by atoms with van der Waals surface area (Å²) in [5, 5.41) is 4.10. The molecular weight excluding hydrogens is 226 g/mol. The number of nitrogens with zero attached hydrogens (tertiary/aromatic N) is 2. The number of fused-ring (bicyclic) bond motifs is 1. The van der Waals surface area contributed by atoms with Crippen LogP contribution >= 0.6 is 0 Å². The van der Waals surface area contributed by atoms with Gasteiger partial charge < -0.3 is 5.32 Å². The molecule has 2 heterocycles. The van der Waals surface area contributed by atoms with Crippen molar-refractivity contribution in [2.45, 2.75) is 25.3 Å². The topological polar surface area (TPSA) is 46.9 Å². The molecule has 1 fully saturated rings. The van der Waals surface area contributed by atoms with E-state index in [9.17, 15) is 4.79 Å². The number of rotatable bonds is 1. The van der Waals surface area contributed by atoms with Gasteiger partial charge in [0.25, 0.3) is 5.56 Å². The quantitative estimate of drug-likeness (QED) is 0.829. The molecular formula is C14H17N3O. The van der Waals surface area contributed by atoms with E-state index in [1.165, 1.54) is 6.42 Å². The number of aromatic nitrogens is 2. The fraction of sp³-hybridized carbons (Fsp3) is 0.429. The summed E-state index contributed by atoms with van der Waals surface area (Å²) in [6, 6.07) is 7.77. The lowest BCUT2D eigenvalue weighted by molar-refractivity contribution is 0.447. The van der Waals surface area contributed by atoms with E-state index in [0.717, 1.165) is 31.4 Å². The summed E-state index contributed by atoms with van der Waals surface area (Å²) in [7, 11) is 0. The third-order valence-electron chi connectivity index (χ3n) is 3.60. The molecule has 1 aliphatic rings. The first-order valence-electron chi connectivity index (χ1n) is 6.53. The van der Waals surface area contributed by atoms with Gasteiger partial charge in [0, 0.05) is 6.54 Å². The third-order valence-corrected chi connectivity index (χ3v) is 3.60. The van der Waals surface area contributed by atoms with E-state index in [0.29, 0.717) is 5.39 Å². The molecule has 0 aliphatic carbocycles. The average molecular weight is 243 g/mol. The lowest BCUT2D eigenvalue weighted by Crippen LogP contribution is -2.31. The van der Waals surface area contributed by atoms with E-state index in [1.807, 2.05) is 24.3 Å². The third kappa shape index (κ3) is 2.04. The summed E-state index contributed by atoms with van der Waals surface area (Å²) in [5.41, 5.74) is 0.856. The summed E-state index contributed by atoms with van der Waals surface area (Å²) >= 11 is 0. The molecule has 1 aliphatic heterocycles. The molecule has 1 aromatic carbocycles. The second kappa shape index (κ2) is 4.90. The number of hydrogen-bond donors (Lipinski definition) is 1. The Hall–Kier alpha value is -1.68. The molecule has 0 radical (unpaired) electrons. The smallest absolute Gasteiger partial charge is 0.261 e. The minimum atomic E-state index is 0.0781. The van der Waals surface area contributed by atoms with Gasteiger partial charge in [-0.3, -0.25) is 9.36 Å². The van der Waals surface area contributed by atoms with Crippen LogP contribution in [-0.2, 0) is 0 Å². The van der Waals surface area contributed by atoms with Crippen molar-refractivity contribution < 1.29 is 0 Å². The molecule has 0 spiro atoms. The minimum Gasteiger partial charge on any atom is -0.315 e. The van der Waals surface area contributed by atoms with E-state index < -0.39 is 0 Å². The number of hydrogen-bond acceptors (Lipinski definition) is 3. The predicted molar refractivity (Wildman–Crippen MR) is 71.8 cm³/mol. The van der Waals surface area contributed by atoms with Crippen LogP contribution in [0.4, 0.5) is 0 Å². The minimum absolute atomic E-state index is 0.0781. The largest absolute Gasteiger partial charge is 0.315 e. The monoisotopic (exact) mass is 243 g/mol. The first-order chi connectivity index (χ1) is 8.86. The van der Waals surface area contributed by atoms with E-state index in [4.69, 9.17) is 0 Å². The molecule has 2 aromatic rings.